The molecule has 0 aliphatic rings. The van der Waals surface area contributed by atoms with E-state index in [1.54, 1.807) is 0 Å². The molecule has 0 saturated carbocycles. The van der Waals surface area contributed by atoms with E-state index in [2.05, 4.69) is 34.6 Å². The van der Waals surface area contributed by atoms with Crippen LogP contribution in [0.25, 0.3) is 0 Å². The molecule has 0 atom stereocenters. The summed E-state index contributed by atoms with van der Waals surface area (Å²) in [4.78, 5) is 0.645. The number of rotatable bonds is 36. The van der Waals surface area contributed by atoms with Gasteiger partial charge in [0.05, 0.1) is 0 Å². The van der Waals surface area contributed by atoms with Gasteiger partial charge in [0.2, 0.25) is 0 Å². The summed E-state index contributed by atoms with van der Waals surface area (Å²) >= 11 is -4.19. The van der Waals surface area contributed by atoms with Crippen LogP contribution in [0.5, 0.6) is 0 Å². The number of benzene rings is 1. The first-order chi connectivity index (χ1) is 23.8. The number of hydrogen-bond donors (Lipinski definition) is 0. The minimum atomic E-state index is -4.19. The fourth-order valence-corrected chi connectivity index (χ4v) is 32.7. The van der Waals surface area contributed by atoms with Crippen molar-refractivity contribution >= 4 is 7.42 Å². The van der Waals surface area contributed by atoms with E-state index in [1.807, 2.05) is 30.3 Å². The number of unbranched alkanes of at least 4 members (excludes halogenated alkanes) is 27. The Kier molecular flexibility index (Phi) is 28.1. The average Bonchev–Trinajstić information content (AvgIpc) is 3.10. The maximum atomic E-state index is 15.4. The van der Waals surface area contributed by atoms with Gasteiger partial charge in [0.25, 0.3) is 0 Å². The van der Waals surface area contributed by atoms with E-state index in [4.69, 9.17) is 0 Å². The molecule has 1 aromatic rings. The van der Waals surface area contributed by atoms with Crippen molar-refractivity contribution in [3.05, 3.63) is 30.3 Å². The van der Waals surface area contributed by atoms with Crippen LogP contribution in [0.1, 0.15) is 227 Å². The second-order valence-electron chi connectivity index (χ2n) is 16.7. The minimum absolute atomic E-state index is 0.276. The van der Waals surface area contributed by atoms with E-state index in [0.717, 1.165) is 33.4 Å². The van der Waals surface area contributed by atoms with Gasteiger partial charge >= 0.3 is 311 Å². The van der Waals surface area contributed by atoms with Gasteiger partial charge in [-0.1, -0.05) is 0 Å². The van der Waals surface area contributed by atoms with E-state index in [1.165, 1.54) is 173 Å². The topological polar surface area (TPSA) is 34.1 Å². The summed E-state index contributed by atoms with van der Waals surface area (Å²) in [5.74, 6) is 0. The van der Waals surface area contributed by atoms with Crippen molar-refractivity contribution in [2.45, 2.75) is 251 Å². The van der Waals surface area contributed by atoms with Crippen LogP contribution in [0, 0.1) is 0 Å². The molecule has 49 heavy (non-hydrogen) atoms. The Balaban J connectivity index is 3.07. The van der Waals surface area contributed by atoms with Gasteiger partial charge in [-0.15, -0.1) is 0 Å². The zero-order valence-corrected chi connectivity index (χ0v) is 36.4. The molecule has 0 bridgehead atoms. The van der Waals surface area contributed by atoms with Crippen molar-refractivity contribution in [2.75, 3.05) is 0 Å². The summed E-state index contributed by atoms with van der Waals surface area (Å²) in [6, 6.07) is 9.81. The van der Waals surface area contributed by atoms with Gasteiger partial charge < -0.3 is 0 Å². The average molecular weight is 740 g/mol. The maximum absolute atomic E-state index is 15.4. The molecule has 289 valence electrons. The molecule has 0 saturated heterocycles. The molecule has 1 aromatic carbocycles. The van der Waals surface area contributed by atoms with Crippen LogP contribution in [0.4, 0.5) is 0 Å². The Morgan fingerprint density at radius 1 is 0.408 bits per heavy atom. The van der Waals surface area contributed by atoms with Crippen molar-refractivity contribution in [1.29, 1.82) is 0 Å². The zero-order chi connectivity index (χ0) is 36.0. The molecular formula is C45H87O2STi. The summed E-state index contributed by atoms with van der Waals surface area (Å²) in [7, 11) is -3.36. The van der Waals surface area contributed by atoms with E-state index in [9.17, 15) is 0 Å². The quantitative estimate of drug-likeness (QED) is 0.0507. The van der Waals surface area contributed by atoms with Crippen molar-refractivity contribution in [3.63, 3.8) is 0 Å². The molecule has 0 radical (unpaired) electrons. The van der Waals surface area contributed by atoms with E-state index in [0.29, 0.717) is 4.90 Å². The van der Waals surface area contributed by atoms with Crippen LogP contribution in [-0.4, -0.2) is 8.42 Å². The molecule has 0 heterocycles. The van der Waals surface area contributed by atoms with Crippen LogP contribution < -0.4 is 0 Å². The van der Waals surface area contributed by atoms with Gasteiger partial charge in [0.1, 0.15) is 0 Å². The van der Waals surface area contributed by atoms with Crippen molar-refractivity contribution < 1.29 is 22.4 Å². The summed E-state index contributed by atoms with van der Waals surface area (Å²) in [5.41, 5.74) is 0. The van der Waals surface area contributed by atoms with Gasteiger partial charge in [-0.05, 0) is 0 Å². The van der Waals surface area contributed by atoms with Gasteiger partial charge in [-0.3, -0.25) is 0 Å². The standard InChI is InChI=1S/3C12H25.C6H5O2S.C3H7.Ti/c3*1-3-5-7-9-11-12-10-8-6-4-2;7-9(8)6-4-2-1-3-5-6;1-3-2;/h3*1,3-12H2,2H3;1-5H;3H,1-2H3;. The Labute approximate surface area is 309 Å². The molecule has 0 aliphatic heterocycles. The van der Waals surface area contributed by atoms with Gasteiger partial charge in [0, 0.05) is 0 Å². The first kappa shape index (κ1) is 46.9. The van der Waals surface area contributed by atoms with E-state index < -0.39 is 21.4 Å². The molecule has 0 aliphatic carbocycles. The summed E-state index contributed by atoms with van der Waals surface area (Å²) in [6.45, 7) is 11.6. The normalized spacial score (nSPS) is 13.2. The Hall–Kier alpha value is -0.116. The summed E-state index contributed by atoms with van der Waals surface area (Å²) in [5, 5.41) is 0. The Morgan fingerprint density at radius 2 is 0.653 bits per heavy atom. The molecule has 0 fully saturated rings. The fraction of sp³-hybridized carbons (Fsp3) is 0.867. The molecular weight excluding hydrogens is 652 g/mol. The molecule has 4 heteroatoms. The van der Waals surface area contributed by atoms with Gasteiger partial charge in [0.15, 0.2) is 0 Å². The van der Waals surface area contributed by atoms with Crippen LogP contribution in [0.3, 0.4) is 0 Å². The second-order valence-corrected chi connectivity index (χ2v) is 35.3. The van der Waals surface area contributed by atoms with Gasteiger partial charge in [-0.2, -0.15) is 0 Å². The van der Waals surface area contributed by atoms with Crippen LogP contribution >= 0.6 is 0 Å². The van der Waals surface area contributed by atoms with Crippen LogP contribution in [-0.2, 0) is 21.4 Å². The molecule has 0 aromatic heterocycles. The zero-order valence-electron chi connectivity index (χ0n) is 34.0. The number of hydrogen-bond acceptors (Lipinski definition) is 2. The molecule has 0 amide bonds. The third-order valence-electron chi connectivity index (χ3n) is 12.6. The first-order valence-electron chi connectivity index (χ1n) is 22.3. The van der Waals surface area contributed by atoms with Crippen molar-refractivity contribution in [2.24, 2.45) is 0 Å². The predicted octanol–water partition coefficient (Wildman–Crippen LogP) is 16.9. The fourth-order valence-electron chi connectivity index (χ4n) is 8.98. The molecule has 0 N–H and O–H groups in total. The van der Waals surface area contributed by atoms with E-state index >= 15 is 8.42 Å². The Morgan fingerprint density at radius 3 is 0.898 bits per heavy atom. The van der Waals surface area contributed by atoms with Crippen LogP contribution in [0.2, 0.25) is 18.4 Å². The molecule has 2 nitrogen and oxygen atoms in total. The van der Waals surface area contributed by atoms with Crippen LogP contribution in [0.15, 0.2) is 35.2 Å². The summed E-state index contributed by atoms with van der Waals surface area (Å²) < 4.78 is 34.1. The predicted molar refractivity (Wildman–Crippen MR) is 219 cm³/mol. The van der Waals surface area contributed by atoms with Crippen molar-refractivity contribution in [1.82, 2.24) is 0 Å². The first-order valence-corrected chi connectivity index (χ1v) is 29.9. The Bertz CT molecular complexity index is 910. The third kappa shape index (κ3) is 17.5. The third-order valence-corrected chi connectivity index (χ3v) is 39.2. The van der Waals surface area contributed by atoms with E-state index in [-0.39, 0.29) is 4.22 Å². The monoisotopic (exact) mass is 740 g/mol. The molecule has 0 unspecified atom stereocenters. The van der Waals surface area contributed by atoms with Gasteiger partial charge in [-0.25, -0.2) is 0 Å². The second kappa shape index (κ2) is 29.4. The summed E-state index contributed by atoms with van der Waals surface area (Å²) in [6.07, 6.45) is 39.3. The SMILES string of the molecule is CCCCCCCCCCC[CH2][Ti]([CH2]CCCCCCCCCCC)([CH2]CCCCCCCCCCC)([CH](C)C)[S](=O)(=O)c1ccccc1. The van der Waals surface area contributed by atoms with Crippen molar-refractivity contribution in [3.8, 4) is 0 Å². The molecule has 1 rings (SSSR count). The molecule has 0 spiro atoms.